The molecule has 0 amide bonds. The van der Waals surface area contributed by atoms with Gasteiger partial charge in [-0.2, -0.15) is 0 Å². The van der Waals surface area contributed by atoms with E-state index in [-0.39, 0.29) is 10.8 Å². The monoisotopic (exact) mass is 464 g/mol. The maximum Gasteiger partial charge on any atom is 0.327 e. The van der Waals surface area contributed by atoms with Crippen LogP contribution in [0.5, 0.6) is 11.5 Å². The SMILES string of the molecule is C=CC(=O)O.C=CCc1cc(Cc2cc(CC=C)cc(C(C)(C)C)c2O)c(O)c(C(C)(C)C)c1. The van der Waals surface area contributed by atoms with E-state index in [1.807, 2.05) is 24.3 Å². The Labute approximate surface area is 205 Å². The first-order valence-corrected chi connectivity index (χ1v) is 11.4. The largest absolute Gasteiger partial charge is 0.507 e. The predicted molar refractivity (Wildman–Crippen MR) is 142 cm³/mol. The van der Waals surface area contributed by atoms with E-state index in [9.17, 15) is 15.0 Å². The number of carboxylic acid groups (broad SMARTS) is 1. The highest BCUT2D eigenvalue weighted by atomic mass is 16.4. The molecule has 184 valence electrons. The minimum absolute atomic E-state index is 0.181. The molecule has 3 N–H and O–H groups in total. The van der Waals surface area contributed by atoms with Crippen molar-refractivity contribution in [2.75, 3.05) is 0 Å². The molecule has 0 fully saturated rings. The van der Waals surface area contributed by atoms with E-state index >= 15 is 0 Å². The van der Waals surface area contributed by atoms with Crippen molar-refractivity contribution in [3.63, 3.8) is 0 Å². The van der Waals surface area contributed by atoms with Crippen molar-refractivity contribution < 1.29 is 20.1 Å². The normalized spacial score (nSPS) is 11.2. The summed E-state index contributed by atoms with van der Waals surface area (Å²) in [6, 6.07) is 8.19. The van der Waals surface area contributed by atoms with Gasteiger partial charge in [-0.3, -0.25) is 0 Å². The summed E-state index contributed by atoms with van der Waals surface area (Å²) in [5.41, 5.74) is 5.39. The number of carbonyl (C=O) groups is 1. The zero-order valence-corrected chi connectivity index (χ0v) is 21.5. The molecule has 0 saturated heterocycles. The molecule has 2 aromatic carbocycles. The maximum absolute atomic E-state index is 11.0. The van der Waals surface area contributed by atoms with Crippen molar-refractivity contribution in [2.24, 2.45) is 0 Å². The molecular formula is C30H40O4. The Morgan fingerprint density at radius 3 is 1.32 bits per heavy atom. The molecule has 0 saturated carbocycles. The molecule has 0 atom stereocenters. The minimum Gasteiger partial charge on any atom is -0.507 e. The van der Waals surface area contributed by atoms with Crippen LogP contribution < -0.4 is 0 Å². The quantitative estimate of drug-likeness (QED) is 0.305. The van der Waals surface area contributed by atoms with Crippen molar-refractivity contribution >= 4 is 5.97 Å². The van der Waals surface area contributed by atoms with E-state index < -0.39 is 5.97 Å². The third-order valence-corrected chi connectivity index (χ3v) is 5.43. The molecular weight excluding hydrogens is 424 g/mol. The van der Waals surface area contributed by atoms with Crippen LogP contribution in [0.1, 0.15) is 74.9 Å². The van der Waals surface area contributed by atoms with Crippen molar-refractivity contribution in [3.8, 4) is 11.5 Å². The molecule has 4 nitrogen and oxygen atoms in total. The van der Waals surface area contributed by atoms with Crippen LogP contribution in [-0.4, -0.2) is 21.3 Å². The first kappa shape index (κ1) is 28.8. The van der Waals surface area contributed by atoms with E-state index in [4.69, 9.17) is 5.11 Å². The fourth-order valence-electron chi connectivity index (χ4n) is 3.71. The van der Waals surface area contributed by atoms with E-state index in [0.29, 0.717) is 17.9 Å². The van der Waals surface area contributed by atoms with Gasteiger partial charge in [0.25, 0.3) is 0 Å². The molecule has 0 aliphatic heterocycles. The second-order valence-corrected chi connectivity index (χ2v) is 10.5. The van der Waals surface area contributed by atoms with E-state index in [1.54, 1.807) is 0 Å². The minimum atomic E-state index is -0.981. The number of carboxylic acids is 1. The van der Waals surface area contributed by atoms with Gasteiger partial charge in [0.2, 0.25) is 0 Å². The number of phenolic OH excluding ortho intramolecular Hbond substituents is 2. The van der Waals surface area contributed by atoms with Crippen LogP contribution in [0, 0.1) is 0 Å². The lowest BCUT2D eigenvalue weighted by Crippen LogP contribution is -2.14. The van der Waals surface area contributed by atoms with Crippen molar-refractivity contribution in [1.82, 2.24) is 0 Å². The summed E-state index contributed by atoms with van der Waals surface area (Å²) in [6.45, 7) is 23.3. The molecule has 0 aliphatic rings. The summed E-state index contributed by atoms with van der Waals surface area (Å²) < 4.78 is 0. The van der Waals surface area contributed by atoms with Crippen LogP contribution >= 0.6 is 0 Å². The van der Waals surface area contributed by atoms with Crippen LogP contribution in [-0.2, 0) is 34.9 Å². The summed E-state index contributed by atoms with van der Waals surface area (Å²) in [5.74, 6) is -0.350. The van der Waals surface area contributed by atoms with Gasteiger partial charge in [0.15, 0.2) is 0 Å². The average Bonchev–Trinajstić information content (AvgIpc) is 2.71. The molecule has 34 heavy (non-hydrogen) atoms. The lowest BCUT2D eigenvalue weighted by molar-refractivity contribution is -0.131. The van der Waals surface area contributed by atoms with Gasteiger partial charge in [0.05, 0.1) is 0 Å². The van der Waals surface area contributed by atoms with Crippen LogP contribution in [0.2, 0.25) is 0 Å². The molecule has 0 heterocycles. The average molecular weight is 465 g/mol. The van der Waals surface area contributed by atoms with Crippen LogP contribution in [0.25, 0.3) is 0 Å². The van der Waals surface area contributed by atoms with Gasteiger partial charge in [-0.15, -0.1) is 13.2 Å². The second kappa shape index (κ2) is 11.7. The molecule has 4 heteroatoms. The summed E-state index contributed by atoms with van der Waals surface area (Å²) in [5, 5.41) is 29.7. The highest BCUT2D eigenvalue weighted by Crippen LogP contribution is 2.39. The number of benzene rings is 2. The molecule has 0 bridgehead atoms. The fraction of sp³-hybridized carbons (Fsp3) is 0.367. The number of phenols is 2. The number of aromatic hydroxyl groups is 2. The van der Waals surface area contributed by atoms with Crippen LogP contribution in [0.3, 0.4) is 0 Å². The standard InChI is InChI=1S/C27H36O2.C3H4O2/c1-9-11-18-13-20(24(28)22(15-18)26(3,4)5)17-21-14-19(12-10-2)16-23(25(21)29)27(6,7)8;1-2-3(4)5/h9-10,13-16,28-29H,1-2,11-12,17H2,3-8H3;2H,1H2,(H,4,5). The van der Waals surface area contributed by atoms with Crippen LogP contribution in [0.4, 0.5) is 0 Å². The molecule has 0 unspecified atom stereocenters. The topological polar surface area (TPSA) is 77.8 Å². The maximum atomic E-state index is 11.0. The van der Waals surface area contributed by atoms with Crippen molar-refractivity contribution in [2.45, 2.75) is 71.6 Å². The van der Waals surface area contributed by atoms with Crippen LogP contribution in [0.15, 0.2) is 62.2 Å². The lowest BCUT2D eigenvalue weighted by Gasteiger charge is -2.25. The Bertz CT molecular complexity index is 971. The molecule has 0 radical (unpaired) electrons. The Morgan fingerprint density at radius 2 is 1.09 bits per heavy atom. The highest BCUT2D eigenvalue weighted by molar-refractivity contribution is 5.78. The fourth-order valence-corrected chi connectivity index (χ4v) is 3.71. The molecule has 2 rings (SSSR count). The summed E-state index contributed by atoms with van der Waals surface area (Å²) in [6.07, 6.45) is 6.54. The molecule has 0 spiro atoms. The smallest absolute Gasteiger partial charge is 0.327 e. The van der Waals surface area contributed by atoms with Gasteiger partial charge in [-0.1, -0.05) is 84.5 Å². The first-order chi connectivity index (χ1) is 15.6. The number of rotatable bonds is 7. The summed E-state index contributed by atoms with van der Waals surface area (Å²) in [7, 11) is 0. The third-order valence-electron chi connectivity index (χ3n) is 5.43. The Hall–Kier alpha value is -3.27. The van der Waals surface area contributed by atoms with Gasteiger partial charge >= 0.3 is 5.97 Å². The number of hydrogen-bond acceptors (Lipinski definition) is 3. The number of allylic oxidation sites excluding steroid dienone is 2. The second-order valence-electron chi connectivity index (χ2n) is 10.5. The molecule has 0 aliphatic carbocycles. The number of hydrogen-bond donors (Lipinski definition) is 3. The van der Waals surface area contributed by atoms with Gasteiger partial charge in [-0.05, 0) is 57.1 Å². The van der Waals surface area contributed by atoms with Gasteiger partial charge < -0.3 is 15.3 Å². The van der Waals surface area contributed by atoms with E-state index in [0.717, 1.165) is 52.3 Å². The van der Waals surface area contributed by atoms with Crippen molar-refractivity contribution in [1.29, 1.82) is 0 Å². The van der Waals surface area contributed by atoms with Gasteiger partial charge in [-0.25, -0.2) is 4.79 Å². The lowest BCUT2D eigenvalue weighted by atomic mass is 9.81. The Balaban J connectivity index is 0.00000104. The Morgan fingerprint density at radius 1 is 0.765 bits per heavy atom. The third kappa shape index (κ3) is 7.95. The highest BCUT2D eigenvalue weighted by Gasteiger charge is 2.24. The van der Waals surface area contributed by atoms with Gasteiger partial charge in [0.1, 0.15) is 11.5 Å². The summed E-state index contributed by atoms with van der Waals surface area (Å²) >= 11 is 0. The zero-order valence-electron chi connectivity index (χ0n) is 21.5. The van der Waals surface area contributed by atoms with Crippen molar-refractivity contribution in [3.05, 3.63) is 95.6 Å². The van der Waals surface area contributed by atoms with E-state index in [2.05, 4.69) is 73.4 Å². The molecule has 2 aromatic rings. The first-order valence-electron chi connectivity index (χ1n) is 11.4. The number of aliphatic carboxylic acids is 1. The zero-order chi connectivity index (χ0) is 26.3. The predicted octanol–water partition coefficient (Wildman–Crippen LogP) is 7.00. The summed E-state index contributed by atoms with van der Waals surface area (Å²) in [4.78, 5) is 9.25. The van der Waals surface area contributed by atoms with E-state index in [1.165, 1.54) is 0 Å². The Kier molecular flexibility index (Phi) is 9.93. The molecule has 0 aromatic heterocycles. The van der Waals surface area contributed by atoms with Gasteiger partial charge in [0, 0.05) is 12.5 Å².